The highest BCUT2D eigenvalue weighted by Gasteiger charge is 2.37. The van der Waals surface area contributed by atoms with E-state index in [0.717, 1.165) is 29.0 Å². The van der Waals surface area contributed by atoms with Gasteiger partial charge in [0.25, 0.3) is 5.56 Å². The number of carbonyl (C=O) groups excluding carboxylic acids is 1. The number of aliphatic carboxylic acids is 1. The standard InChI is InChI=1S/C37H35F6N3O4/c1-7-23-13-26(32-20(4)11-25(38)12-21(32)5)35(40)33(34(23)39)28(15-31(48)49)44-36(50)29(10-19(2)3)46-18-24(9-8-22-16-45(6)17-22)27(14-30(46)47)37(41,42)43/h1,11-14,18-19,22,28-29H,10,15-17H2,2-6H3,(H,44,50)(H,48,49)/t28-,29-/m0/s1. The van der Waals surface area contributed by atoms with Gasteiger partial charge in [0.15, 0.2) is 0 Å². The van der Waals surface area contributed by atoms with Gasteiger partial charge in [-0.1, -0.05) is 31.6 Å². The van der Waals surface area contributed by atoms with E-state index >= 15 is 8.78 Å². The number of aromatic nitrogens is 1. The van der Waals surface area contributed by atoms with Crippen LogP contribution in [0.1, 0.15) is 72.2 Å². The highest BCUT2D eigenvalue weighted by Crippen LogP contribution is 2.37. The molecule has 7 nitrogen and oxygen atoms in total. The molecule has 0 saturated carbocycles. The molecule has 2 aromatic carbocycles. The summed E-state index contributed by atoms with van der Waals surface area (Å²) in [5.41, 5.74) is -3.98. The number of aryl methyl sites for hydroxylation is 2. The Morgan fingerprint density at radius 2 is 1.66 bits per heavy atom. The van der Waals surface area contributed by atoms with Gasteiger partial charge in [-0.2, -0.15) is 13.2 Å². The Hall–Kier alpha value is -5.01. The molecule has 264 valence electrons. The number of likely N-dealkylation sites (tertiary alicyclic amines) is 1. The van der Waals surface area contributed by atoms with Crippen molar-refractivity contribution in [3.8, 4) is 35.3 Å². The minimum Gasteiger partial charge on any atom is -0.481 e. The van der Waals surface area contributed by atoms with Gasteiger partial charge in [0.2, 0.25) is 5.91 Å². The Labute approximate surface area is 285 Å². The maximum absolute atomic E-state index is 16.4. The fourth-order valence-electron chi connectivity index (χ4n) is 6.14. The minimum atomic E-state index is -4.95. The van der Waals surface area contributed by atoms with Crippen LogP contribution in [0.25, 0.3) is 11.1 Å². The number of benzene rings is 2. The van der Waals surface area contributed by atoms with Crippen LogP contribution >= 0.6 is 0 Å². The fraction of sp³-hybridized carbons (Fsp3) is 0.378. The van der Waals surface area contributed by atoms with Crippen LogP contribution in [0.2, 0.25) is 0 Å². The molecule has 0 radical (unpaired) electrons. The molecule has 50 heavy (non-hydrogen) atoms. The number of pyridine rings is 1. The number of terminal acetylenes is 1. The van der Waals surface area contributed by atoms with Gasteiger partial charge in [0.1, 0.15) is 23.5 Å². The van der Waals surface area contributed by atoms with Crippen molar-refractivity contribution in [3.05, 3.63) is 91.6 Å². The summed E-state index contributed by atoms with van der Waals surface area (Å²) < 4.78 is 89.2. The maximum Gasteiger partial charge on any atom is 0.417 e. The summed E-state index contributed by atoms with van der Waals surface area (Å²) in [5, 5.41) is 12.1. The first-order chi connectivity index (χ1) is 23.3. The number of hydrogen-bond donors (Lipinski definition) is 2. The van der Waals surface area contributed by atoms with Crippen molar-refractivity contribution in [1.82, 2.24) is 14.8 Å². The Morgan fingerprint density at radius 3 is 2.18 bits per heavy atom. The molecule has 2 atom stereocenters. The number of halogens is 6. The zero-order chi connectivity index (χ0) is 37.2. The first kappa shape index (κ1) is 37.8. The van der Waals surface area contributed by atoms with E-state index in [1.807, 2.05) is 11.9 Å². The van der Waals surface area contributed by atoms with Crippen molar-refractivity contribution >= 4 is 11.9 Å². The molecule has 13 heteroatoms. The Bertz CT molecular complexity index is 1970. The molecule has 0 bridgehead atoms. The normalized spacial score (nSPS) is 14.7. The molecule has 2 N–H and O–H groups in total. The van der Waals surface area contributed by atoms with Crippen LogP contribution in [0, 0.1) is 67.3 Å². The van der Waals surface area contributed by atoms with E-state index in [2.05, 4.69) is 23.1 Å². The van der Waals surface area contributed by atoms with Crippen molar-refractivity contribution in [1.29, 1.82) is 0 Å². The van der Waals surface area contributed by atoms with Crippen molar-refractivity contribution in [2.45, 2.75) is 58.8 Å². The lowest BCUT2D eigenvalue weighted by Crippen LogP contribution is -2.42. The van der Waals surface area contributed by atoms with Crippen LogP contribution in [0.15, 0.2) is 35.3 Å². The Morgan fingerprint density at radius 1 is 1.04 bits per heavy atom. The van der Waals surface area contributed by atoms with Crippen molar-refractivity contribution in [2.75, 3.05) is 20.1 Å². The van der Waals surface area contributed by atoms with Gasteiger partial charge in [-0.15, -0.1) is 6.42 Å². The lowest BCUT2D eigenvalue weighted by Gasteiger charge is -2.32. The second-order valence-electron chi connectivity index (χ2n) is 12.9. The Kier molecular flexibility index (Phi) is 11.2. The molecular weight excluding hydrogens is 664 g/mol. The van der Waals surface area contributed by atoms with E-state index in [0.29, 0.717) is 19.2 Å². The van der Waals surface area contributed by atoms with Gasteiger partial charge in [-0.05, 0) is 68.1 Å². The molecule has 3 aromatic rings. The van der Waals surface area contributed by atoms with E-state index in [4.69, 9.17) is 6.42 Å². The summed E-state index contributed by atoms with van der Waals surface area (Å²) in [7, 11) is 1.82. The molecule has 2 heterocycles. The molecule has 1 aromatic heterocycles. The molecule has 1 aliphatic heterocycles. The average molecular weight is 700 g/mol. The number of carbonyl (C=O) groups is 2. The number of amides is 1. The highest BCUT2D eigenvalue weighted by molar-refractivity contribution is 5.82. The molecular formula is C37H35F6N3O4. The van der Waals surface area contributed by atoms with Crippen molar-refractivity contribution in [3.63, 3.8) is 0 Å². The van der Waals surface area contributed by atoms with E-state index in [9.17, 15) is 37.1 Å². The van der Waals surface area contributed by atoms with Gasteiger partial charge in [0.05, 0.1) is 29.2 Å². The van der Waals surface area contributed by atoms with Gasteiger partial charge >= 0.3 is 12.1 Å². The SMILES string of the molecule is C#Cc1cc(-c2c(C)cc(F)cc2C)c(F)c([C@H](CC(=O)O)NC(=O)[C@H](CC(C)C)n2cc(C#CC3CN(C)C3)c(C(F)(F)F)cc2=O)c1F. The topological polar surface area (TPSA) is 91.6 Å². The van der Waals surface area contributed by atoms with Gasteiger partial charge in [-0.3, -0.25) is 14.4 Å². The van der Waals surface area contributed by atoms with Crippen molar-refractivity contribution < 1.29 is 41.0 Å². The lowest BCUT2D eigenvalue weighted by molar-refractivity contribution is -0.138. The second kappa shape index (κ2) is 14.9. The number of carboxylic acid groups (broad SMARTS) is 1. The van der Waals surface area contributed by atoms with Crippen LogP contribution < -0.4 is 10.9 Å². The first-order valence-corrected chi connectivity index (χ1v) is 15.6. The summed E-state index contributed by atoms with van der Waals surface area (Å²) in [6, 6.07) is 0.162. The van der Waals surface area contributed by atoms with Crippen LogP contribution in [-0.4, -0.2) is 46.6 Å². The number of carboxylic acids is 1. The quantitative estimate of drug-likeness (QED) is 0.200. The summed E-state index contributed by atoms with van der Waals surface area (Å²) in [6.07, 6.45) is 0.233. The van der Waals surface area contributed by atoms with Crippen LogP contribution in [0.3, 0.4) is 0 Å². The van der Waals surface area contributed by atoms with E-state index in [-0.39, 0.29) is 40.5 Å². The minimum absolute atomic E-state index is 0.133. The third kappa shape index (κ3) is 8.23. The number of nitrogens with one attached hydrogen (secondary N) is 1. The van der Waals surface area contributed by atoms with E-state index < -0.39 is 81.8 Å². The van der Waals surface area contributed by atoms with Gasteiger partial charge in [0, 0.05) is 42.4 Å². The third-order valence-electron chi connectivity index (χ3n) is 8.39. The number of hydrogen-bond acceptors (Lipinski definition) is 4. The monoisotopic (exact) mass is 699 g/mol. The van der Waals surface area contributed by atoms with Gasteiger partial charge < -0.3 is 19.9 Å². The summed E-state index contributed by atoms with van der Waals surface area (Å²) in [4.78, 5) is 41.1. The van der Waals surface area contributed by atoms with Crippen molar-refractivity contribution in [2.24, 2.45) is 11.8 Å². The predicted octanol–water partition coefficient (Wildman–Crippen LogP) is 6.38. The van der Waals surface area contributed by atoms with Crippen LogP contribution in [0.4, 0.5) is 26.3 Å². The molecule has 0 aliphatic carbocycles. The predicted molar refractivity (Wildman–Crippen MR) is 174 cm³/mol. The largest absolute Gasteiger partial charge is 0.481 e. The molecule has 1 saturated heterocycles. The number of nitrogens with zero attached hydrogens (tertiary/aromatic N) is 2. The summed E-state index contributed by atoms with van der Waals surface area (Å²) in [6.45, 7) is 7.39. The molecule has 1 fully saturated rings. The average Bonchev–Trinajstić information content (AvgIpc) is 2.97. The summed E-state index contributed by atoms with van der Waals surface area (Å²) in [5.74, 6) is 0.955. The van der Waals surface area contributed by atoms with Crippen LogP contribution in [0.5, 0.6) is 0 Å². The second-order valence-corrected chi connectivity index (χ2v) is 12.9. The molecule has 0 spiro atoms. The zero-order valence-corrected chi connectivity index (χ0v) is 27.9. The number of alkyl halides is 3. The first-order valence-electron chi connectivity index (χ1n) is 15.6. The number of rotatable bonds is 9. The molecule has 1 amide bonds. The molecule has 1 aliphatic rings. The van der Waals surface area contributed by atoms with E-state index in [1.165, 1.54) is 13.8 Å². The highest BCUT2D eigenvalue weighted by atomic mass is 19.4. The molecule has 0 unspecified atom stereocenters. The third-order valence-corrected chi connectivity index (χ3v) is 8.39. The lowest BCUT2D eigenvalue weighted by atomic mass is 9.89. The summed E-state index contributed by atoms with van der Waals surface area (Å²) >= 11 is 0. The Balaban J connectivity index is 1.86. The fourth-order valence-corrected chi connectivity index (χ4v) is 6.14. The molecule has 4 rings (SSSR count). The maximum atomic E-state index is 16.4. The van der Waals surface area contributed by atoms with E-state index in [1.54, 1.807) is 13.8 Å². The smallest absolute Gasteiger partial charge is 0.417 e. The zero-order valence-electron chi connectivity index (χ0n) is 27.9. The van der Waals surface area contributed by atoms with Crippen LogP contribution in [-0.2, 0) is 15.8 Å². The van der Waals surface area contributed by atoms with Gasteiger partial charge in [-0.25, -0.2) is 13.2 Å².